The van der Waals surface area contributed by atoms with Gasteiger partial charge in [-0.1, -0.05) is 0 Å². The molecule has 5 rings (SSSR count). The average Bonchev–Trinajstić information content (AvgIpc) is 3.14. The molecule has 13 heteroatoms. The summed E-state index contributed by atoms with van der Waals surface area (Å²) in [7, 11) is 0. The van der Waals surface area contributed by atoms with E-state index >= 15 is 0 Å². The number of aromatic amines is 1. The van der Waals surface area contributed by atoms with E-state index in [1.807, 2.05) is 0 Å². The van der Waals surface area contributed by atoms with Crippen LogP contribution in [0.5, 0.6) is 0 Å². The number of halogens is 5. The Balaban J connectivity index is 1.94. The maximum atomic E-state index is 14.4. The van der Waals surface area contributed by atoms with Crippen LogP contribution in [0, 0.1) is 11.6 Å². The van der Waals surface area contributed by atoms with Crippen LogP contribution in [0.25, 0.3) is 27.5 Å². The van der Waals surface area contributed by atoms with Crippen LogP contribution in [-0.2, 0) is 12.7 Å². The second-order valence-electron chi connectivity index (χ2n) is 8.05. The number of fused-ring (bicyclic) bond motifs is 2. The third kappa shape index (κ3) is 3.93. The molecule has 0 aliphatic heterocycles. The van der Waals surface area contributed by atoms with Crippen LogP contribution >= 0.6 is 0 Å². The fraction of sp³-hybridized carbons (Fsp3) is 0.0833. The first-order chi connectivity index (χ1) is 17.5. The summed E-state index contributed by atoms with van der Waals surface area (Å²) in [5, 5.41) is 9.59. The van der Waals surface area contributed by atoms with Crippen molar-refractivity contribution < 1.29 is 31.9 Å². The van der Waals surface area contributed by atoms with Crippen LogP contribution in [0.4, 0.5) is 22.0 Å². The van der Waals surface area contributed by atoms with Gasteiger partial charge in [0.15, 0.2) is 5.69 Å². The predicted octanol–water partition coefficient (Wildman–Crippen LogP) is 4.07. The molecular weight excluding hydrogens is 503 g/mol. The third-order valence-electron chi connectivity index (χ3n) is 5.83. The minimum absolute atomic E-state index is 0.0205. The van der Waals surface area contributed by atoms with Crippen molar-refractivity contribution >= 4 is 27.8 Å². The summed E-state index contributed by atoms with van der Waals surface area (Å²) >= 11 is 0. The summed E-state index contributed by atoms with van der Waals surface area (Å²) < 4.78 is 70.3. The first-order valence-electron chi connectivity index (χ1n) is 10.5. The van der Waals surface area contributed by atoms with E-state index in [1.54, 1.807) is 0 Å². The van der Waals surface area contributed by atoms with E-state index in [2.05, 4.69) is 9.97 Å². The summed E-state index contributed by atoms with van der Waals surface area (Å²) in [6, 6.07) is 5.91. The Labute approximate surface area is 201 Å². The first-order valence-corrected chi connectivity index (χ1v) is 10.5. The minimum Gasteiger partial charge on any atom is -0.477 e. The molecule has 3 aromatic heterocycles. The molecule has 0 atom stereocenters. The molecular formula is C24H13F5N4O4. The van der Waals surface area contributed by atoms with Gasteiger partial charge in [-0.3, -0.25) is 9.78 Å². The van der Waals surface area contributed by atoms with Gasteiger partial charge in [0.2, 0.25) is 0 Å². The lowest BCUT2D eigenvalue weighted by molar-refractivity contribution is -0.137. The van der Waals surface area contributed by atoms with E-state index in [9.17, 15) is 41.4 Å². The topological polar surface area (TPSA) is 110 Å². The maximum absolute atomic E-state index is 14.4. The van der Waals surface area contributed by atoms with Crippen LogP contribution in [0.2, 0.25) is 0 Å². The normalized spacial score (nSPS) is 11.9. The van der Waals surface area contributed by atoms with E-state index < -0.39 is 63.9 Å². The van der Waals surface area contributed by atoms with Crippen molar-refractivity contribution in [1.29, 1.82) is 0 Å². The quantitative estimate of drug-likeness (QED) is 0.350. The number of alkyl halides is 3. The molecule has 0 amide bonds. The van der Waals surface area contributed by atoms with Gasteiger partial charge >= 0.3 is 17.8 Å². The SMILES string of the molecule is O=C(O)c1c(-n2c(=O)[nH]c3cnccc3c2=O)c2cc(C(F)(F)F)ccc2n1Cc1cc(F)ccc1F. The molecule has 0 radical (unpaired) electrons. The van der Waals surface area contributed by atoms with Crippen LogP contribution in [-0.4, -0.2) is 30.2 Å². The number of carbonyl (C=O) groups is 1. The van der Waals surface area contributed by atoms with Gasteiger partial charge in [-0.2, -0.15) is 13.2 Å². The van der Waals surface area contributed by atoms with Gasteiger partial charge in [0.25, 0.3) is 5.56 Å². The van der Waals surface area contributed by atoms with Crippen LogP contribution in [0.1, 0.15) is 21.6 Å². The second-order valence-corrected chi connectivity index (χ2v) is 8.05. The molecule has 2 N–H and O–H groups in total. The number of carboxylic acid groups (broad SMARTS) is 1. The lowest BCUT2D eigenvalue weighted by Crippen LogP contribution is -2.34. The Hall–Kier alpha value is -4.81. The summed E-state index contributed by atoms with van der Waals surface area (Å²) in [6.45, 7) is -0.628. The number of pyridine rings is 1. The van der Waals surface area contributed by atoms with Gasteiger partial charge < -0.3 is 14.7 Å². The third-order valence-corrected chi connectivity index (χ3v) is 5.83. The van der Waals surface area contributed by atoms with Crippen molar-refractivity contribution in [3.05, 3.63) is 104 Å². The lowest BCUT2D eigenvalue weighted by atomic mass is 10.1. The number of nitrogens with zero attached hydrogens (tertiary/aromatic N) is 3. The summed E-state index contributed by atoms with van der Waals surface area (Å²) in [4.78, 5) is 44.9. The fourth-order valence-corrected chi connectivity index (χ4v) is 4.22. The highest BCUT2D eigenvalue weighted by Crippen LogP contribution is 2.36. The van der Waals surface area contributed by atoms with E-state index in [0.717, 1.165) is 28.8 Å². The molecule has 5 aromatic rings. The van der Waals surface area contributed by atoms with Gasteiger partial charge in [-0.15, -0.1) is 0 Å². The van der Waals surface area contributed by atoms with E-state index in [4.69, 9.17) is 0 Å². The number of hydrogen-bond acceptors (Lipinski definition) is 4. The van der Waals surface area contributed by atoms with E-state index in [0.29, 0.717) is 16.7 Å². The van der Waals surface area contributed by atoms with Gasteiger partial charge in [-0.25, -0.2) is 22.9 Å². The molecule has 188 valence electrons. The van der Waals surface area contributed by atoms with Crippen LogP contribution < -0.4 is 11.2 Å². The van der Waals surface area contributed by atoms with E-state index in [-0.39, 0.29) is 22.0 Å². The molecule has 37 heavy (non-hydrogen) atoms. The smallest absolute Gasteiger partial charge is 0.416 e. The summed E-state index contributed by atoms with van der Waals surface area (Å²) in [5.74, 6) is -3.46. The molecule has 0 fully saturated rings. The Morgan fingerprint density at radius 1 is 1.03 bits per heavy atom. The monoisotopic (exact) mass is 516 g/mol. The molecule has 0 saturated heterocycles. The van der Waals surface area contributed by atoms with Gasteiger partial charge in [0, 0.05) is 17.1 Å². The number of rotatable bonds is 4. The number of nitrogens with one attached hydrogen (secondary N) is 1. The van der Waals surface area contributed by atoms with Crippen molar-refractivity contribution in [1.82, 2.24) is 19.1 Å². The zero-order valence-corrected chi connectivity index (χ0v) is 18.3. The van der Waals surface area contributed by atoms with Crippen molar-refractivity contribution in [3.63, 3.8) is 0 Å². The highest BCUT2D eigenvalue weighted by atomic mass is 19.4. The minimum atomic E-state index is -4.85. The number of benzene rings is 2. The molecule has 3 heterocycles. The first kappa shape index (κ1) is 23.9. The Kier molecular flexibility index (Phi) is 5.43. The van der Waals surface area contributed by atoms with Crippen LogP contribution in [0.3, 0.4) is 0 Å². The molecule has 0 aliphatic carbocycles. The Morgan fingerprint density at radius 3 is 2.49 bits per heavy atom. The zero-order valence-electron chi connectivity index (χ0n) is 18.3. The highest BCUT2D eigenvalue weighted by Gasteiger charge is 2.33. The Morgan fingerprint density at radius 2 is 1.78 bits per heavy atom. The maximum Gasteiger partial charge on any atom is 0.416 e. The molecule has 0 bridgehead atoms. The molecule has 0 aliphatic rings. The van der Waals surface area contributed by atoms with Crippen LogP contribution in [0.15, 0.2) is 64.4 Å². The molecule has 8 nitrogen and oxygen atoms in total. The summed E-state index contributed by atoms with van der Waals surface area (Å²) in [5.41, 5.74) is -5.22. The number of H-pyrrole nitrogens is 1. The lowest BCUT2D eigenvalue weighted by Gasteiger charge is -2.11. The van der Waals surface area contributed by atoms with Crippen molar-refractivity contribution in [2.75, 3.05) is 0 Å². The number of hydrogen-bond donors (Lipinski definition) is 2. The highest BCUT2D eigenvalue weighted by molar-refractivity contribution is 6.03. The van der Waals surface area contributed by atoms with Crippen molar-refractivity contribution in [2.45, 2.75) is 12.7 Å². The standard InChI is InChI=1S/C24H13F5N4O4/c25-13-2-3-16(26)11(7-13)10-32-18-4-1-12(24(27,28)29)8-15(18)19(20(32)22(35)36)33-21(34)14-5-6-30-9-17(14)31-23(33)37/h1-9H,10H2,(H,31,37)(H,35,36). The second kappa shape index (κ2) is 8.40. The van der Waals surface area contributed by atoms with Gasteiger partial charge in [0.05, 0.1) is 40.4 Å². The zero-order chi connectivity index (χ0) is 26.6. The number of aromatic nitrogens is 4. The Bertz CT molecular complexity index is 1850. The molecule has 0 spiro atoms. The fourth-order valence-electron chi connectivity index (χ4n) is 4.22. The van der Waals surface area contributed by atoms with E-state index in [1.165, 1.54) is 18.5 Å². The molecule has 0 unspecified atom stereocenters. The van der Waals surface area contributed by atoms with Crippen molar-refractivity contribution in [3.8, 4) is 5.69 Å². The predicted molar refractivity (Wildman–Crippen MR) is 121 cm³/mol. The summed E-state index contributed by atoms with van der Waals surface area (Å²) in [6.07, 6.45) is -2.43. The van der Waals surface area contributed by atoms with Crippen molar-refractivity contribution in [2.24, 2.45) is 0 Å². The molecule has 0 saturated carbocycles. The molecule has 2 aromatic carbocycles. The number of aromatic carboxylic acids is 1. The largest absolute Gasteiger partial charge is 0.477 e. The van der Waals surface area contributed by atoms with Gasteiger partial charge in [0.1, 0.15) is 11.6 Å². The average molecular weight is 516 g/mol. The van der Waals surface area contributed by atoms with Gasteiger partial charge in [-0.05, 0) is 42.5 Å². The number of carboxylic acids is 1.